The first-order valence-corrected chi connectivity index (χ1v) is 6.85. The standard InChI is InChI=1S/C15H18N2O/c1-8-3-2-4-11-14(8)18-15(17-11)12-9-5-6-10(7-9)13(12)16/h2-4,9-10,12-13H,5-7,16H2,1H3. The fraction of sp³-hybridized carbons (Fsp3) is 0.533. The molecule has 2 aliphatic rings. The molecule has 0 aliphatic heterocycles. The third-order valence-corrected chi connectivity index (χ3v) is 4.89. The van der Waals surface area contributed by atoms with Crippen molar-refractivity contribution in [3.8, 4) is 0 Å². The fourth-order valence-electron chi connectivity index (χ4n) is 3.95. The van der Waals surface area contributed by atoms with Gasteiger partial charge in [-0.15, -0.1) is 0 Å². The summed E-state index contributed by atoms with van der Waals surface area (Å²) in [7, 11) is 0. The highest BCUT2D eigenvalue weighted by Crippen LogP contribution is 2.52. The molecule has 18 heavy (non-hydrogen) atoms. The van der Waals surface area contributed by atoms with Crippen molar-refractivity contribution >= 4 is 11.1 Å². The molecule has 0 spiro atoms. The number of hydrogen-bond donors (Lipinski definition) is 1. The molecular formula is C15H18N2O. The monoisotopic (exact) mass is 242 g/mol. The Bertz CT molecular complexity index is 602. The van der Waals surface area contributed by atoms with Crippen LogP contribution in [0.3, 0.4) is 0 Å². The van der Waals surface area contributed by atoms with Gasteiger partial charge in [-0.3, -0.25) is 0 Å². The molecule has 2 fully saturated rings. The van der Waals surface area contributed by atoms with Crippen molar-refractivity contribution in [2.24, 2.45) is 17.6 Å². The summed E-state index contributed by atoms with van der Waals surface area (Å²) in [6, 6.07) is 6.37. The van der Waals surface area contributed by atoms with Crippen molar-refractivity contribution in [3.63, 3.8) is 0 Å². The number of aromatic nitrogens is 1. The summed E-state index contributed by atoms with van der Waals surface area (Å²) in [5.41, 5.74) is 9.42. The van der Waals surface area contributed by atoms with E-state index < -0.39 is 0 Å². The van der Waals surface area contributed by atoms with Gasteiger partial charge in [-0.2, -0.15) is 0 Å². The van der Waals surface area contributed by atoms with Crippen LogP contribution in [-0.4, -0.2) is 11.0 Å². The predicted molar refractivity (Wildman–Crippen MR) is 70.3 cm³/mol. The van der Waals surface area contributed by atoms with Gasteiger partial charge in [0, 0.05) is 6.04 Å². The summed E-state index contributed by atoms with van der Waals surface area (Å²) in [5, 5.41) is 0. The number of fused-ring (bicyclic) bond motifs is 3. The van der Waals surface area contributed by atoms with E-state index in [1.807, 2.05) is 12.1 Å². The molecular weight excluding hydrogens is 224 g/mol. The Hall–Kier alpha value is -1.35. The normalized spacial score (nSPS) is 34.6. The van der Waals surface area contributed by atoms with Gasteiger partial charge in [-0.1, -0.05) is 12.1 Å². The van der Waals surface area contributed by atoms with E-state index in [1.165, 1.54) is 19.3 Å². The second-order valence-corrected chi connectivity index (χ2v) is 5.91. The summed E-state index contributed by atoms with van der Waals surface area (Å²) in [5.74, 6) is 2.60. The number of nitrogens with zero attached hydrogens (tertiary/aromatic N) is 1. The third-order valence-electron chi connectivity index (χ3n) is 4.89. The number of benzene rings is 1. The Balaban J connectivity index is 1.81. The zero-order valence-electron chi connectivity index (χ0n) is 10.6. The van der Waals surface area contributed by atoms with Gasteiger partial charge in [0.1, 0.15) is 5.52 Å². The van der Waals surface area contributed by atoms with Gasteiger partial charge in [0.15, 0.2) is 11.5 Å². The van der Waals surface area contributed by atoms with Crippen molar-refractivity contribution in [3.05, 3.63) is 29.7 Å². The van der Waals surface area contributed by atoms with Gasteiger partial charge >= 0.3 is 0 Å². The molecule has 4 unspecified atom stereocenters. The van der Waals surface area contributed by atoms with Crippen LogP contribution in [0.15, 0.2) is 22.6 Å². The average molecular weight is 242 g/mol. The van der Waals surface area contributed by atoms with E-state index in [4.69, 9.17) is 10.2 Å². The van der Waals surface area contributed by atoms with E-state index >= 15 is 0 Å². The van der Waals surface area contributed by atoms with Gasteiger partial charge in [0.25, 0.3) is 0 Å². The van der Waals surface area contributed by atoms with Crippen LogP contribution < -0.4 is 5.73 Å². The number of nitrogens with two attached hydrogens (primary N) is 1. The molecule has 1 aromatic carbocycles. The lowest BCUT2D eigenvalue weighted by Gasteiger charge is -2.25. The summed E-state index contributed by atoms with van der Waals surface area (Å²) in [6.45, 7) is 2.07. The minimum atomic E-state index is 0.247. The maximum atomic E-state index is 6.36. The first-order valence-electron chi connectivity index (χ1n) is 6.85. The highest BCUT2D eigenvalue weighted by Gasteiger charge is 2.48. The quantitative estimate of drug-likeness (QED) is 0.836. The lowest BCUT2D eigenvalue weighted by atomic mass is 9.85. The smallest absolute Gasteiger partial charge is 0.200 e. The van der Waals surface area contributed by atoms with Gasteiger partial charge in [0.2, 0.25) is 0 Å². The largest absolute Gasteiger partial charge is 0.440 e. The number of hydrogen-bond acceptors (Lipinski definition) is 3. The van der Waals surface area contributed by atoms with Gasteiger partial charge in [-0.05, 0) is 49.7 Å². The Morgan fingerprint density at radius 2 is 2.11 bits per heavy atom. The first-order chi connectivity index (χ1) is 8.74. The summed E-state index contributed by atoms with van der Waals surface area (Å²) in [6.07, 6.45) is 3.85. The van der Waals surface area contributed by atoms with E-state index in [0.717, 1.165) is 22.6 Å². The summed E-state index contributed by atoms with van der Waals surface area (Å²) in [4.78, 5) is 4.68. The minimum absolute atomic E-state index is 0.247. The molecule has 3 nitrogen and oxygen atoms in total. The van der Waals surface area contributed by atoms with Crippen LogP contribution in [0.5, 0.6) is 0 Å². The molecule has 1 aromatic heterocycles. The van der Waals surface area contributed by atoms with Crippen LogP contribution in [0.1, 0.15) is 36.6 Å². The van der Waals surface area contributed by atoms with Crippen molar-refractivity contribution in [1.29, 1.82) is 0 Å². The molecule has 3 heteroatoms. The van der Waals surface area contributed by atoms with E-state index in [0.29, 0.717) is 17.8 Å². The molecule has 94 valence electrons. The van der Waals surface area contributed by atoms with Crippen molar-refractivity contribution in [2.45, 2.75) is 38.1 Å². The SMILES string of the molecule is Cc1cccc2nc(C3C4CCC(C4)C3N)oc12. The molecule has 2 aliphatic carbocycles. The van der Waals surface area contributed by atoms with Crippen LogP contribution in [-0.2, 0) is 0 Å². The fourth-order valence-corrected chi connectivity index (χ4v) is 3.95. The maximum Gasteiger partial charge on any atom is 0.200 e. The van der Waals surface area contributed by atoms with E-state index in [2.05, 4.69) is 18.0 Å². The van der Waals surface area contributed by atoms with Crippen molar-refractivity contribution in [1.82, 2.24) is 4.98 Å². The molecule has 2 aromatic rings. The molecule has 2 bridgehead atoms. The molecule has 4 atom stereocenters. The van der Waals surface area contributed by atoms with Crippen LogP contribution in [0.25, 0.3) is 11.1 Å². The zero-order valence-corrected chi connectivity index (χ0v) is 10.6. The van der Waals surface area contributed by atoms with Crippen LogP contribution in [0.4, 0.5) is 0 Å². The van der Waals surface area contributed by atoms with Gasteiger partial charge < -0.3 is 10.2 Å². The average Bonchev–Trinajstić information content (AvgIpc) is 3.01. The molecule has 1 heterocycles. The Morgan fingerprint density at radius 1 is 1.28 bits per heavy atom. The van der Waals surface area contributed by atoms with E-state index in [1.54, 1.807) is 0 Å². The Labute approximate surface area is 106 Å². The van der Waals surface area contributed by atoms with Crippen molar-refractivity contribution < 1.29 is 4.42 Å². The third kappa shape index (κ3) is 1.31. The molecule has 2 saturated carbocycles. The van der Waals surface area contributed by atoms with Crippen LogP contribution in [0, 0.1) is 18.8 Å². The Kier molecular flexibility index (Phi) is 2.10. The number of aryl methyl sites for hydroxylation is 1. The van der Waals surface area contributed by atoms with Gasteiger partial charge in [0.05, 0.1) is 5.92 Å². The van der Waals surface area contributed by atoms with Gasteiger partial charge in [-0.25, -0.2) is 4.98 Å². The lowest BCUT2D eigenvalue weighted by molar-refractivity contribution is 0.316. The molecule has 0 amide bonds. The predicted octanol–water partition coefficient (Wildman–Crippen LogP) is 2.98. The lowest BCUT2D eigenvalue weighted by Crippen LogP contribution is -2.34. The number of oxazole rings is 1. The zero-order chi connectivity index (χ0) is 12.3. The molecule has 2 N–H and O–H groups in total. The van der Waals surface area contributed by atoms with Crippen molar-refractivity contribution in [2.75, 3.05) is 0 Å². The molecule has 4 rings (SSSR count). The first kappa shape index (κ1) is 10.6. The number of rotatable bonds is 1. The second-order valence-electron chi connectivity index (χ2n) is 5.91. The number of para-hydroxylation sites is 1. The topological polar surface area (TPSA) is 52.0 Å². The minimum Gasteiger partial charge on any atom is -0.440 e. The second kappa shape index (κ2) is 3.58. The Morgan fingerprint density at radius 3 is 2.83 bits per heavy atom. The summed E-state index contributed by atoms with van der Waals surface area (Å²) >= 11 is 0. The van der Waals surface area contributed by atoms with Crippen LogP contribution in [0.2, 0.25) is 0 Å². The van der Waals surface area contributed by atoms with E-state index in [-0.39, 0.29) is 6.04 Å². The summed E-state index contributed by atoms with van der Waals surface area (Å²) < 4.78 is 6.01. The van der Waals surface area contributed by atoms with Crippen LogP contribution >= 0.6 is 0 Å². The highest BCUT2D eigenvalue weighted by molar-refractivity contribution is 5.76. The van der Waals surface area contributed by atoms with E-state index in [9.17, 15) is 0 Å². The maximum absolute atomic E-state index is 6.36. The molecule has 0 radical (unpaired) electrons. The highest BCUT2D eigenvalue weighted by atomic mass is 16.3. The molecule has 0 saturated heterocycles.